The number of hydrogen-bond acceptors (Lipinski definition) is 6. The van der Waals surface area contributed by atoms with Crippen LogP contribution in [0.25, 0.3) is 0 Å². The standard InChI is InChI=1S/C19H20N2O5/c1-3-8-24-15-6-4-13(9-17(15)23-2)11-20-21-19(22)14-5-7-16-18(10-14)26-12-25-16/h4-7,9-11H,3,8,12H2,1-2H3,(H,21,22)/b20-11+. The molecule has 0 spiro atoms. The number of nitrogens with one attached hydrogen (secondary N) is 1. The average molecular weight is 356 g/mol. The van der Waals surface area contributed by atoms with Gasteiger partial charge in [-0.1, -0.05) is 6.92 Å². The number of hydrogen-bond donors (Lipinski definition) is 1. The van der Waals surface area contributed by atoms with Gasteiger partial charge in [0, 0.05) is 5.56 Å². The molecule has 26 heavy (non-hydrogen) atoms. The fourth-order valence-electron chi connectivity index (χ4n) is 2.36. The Morgan fingerprint density at radius 1 is 1.19 bits per heavy atom. The molecule has 0 aromatic heterocycles. The number of nitrogens with zero attached hydrogens (tertiary/aromatic N) is 1. The number of carbonyl (C=O) groups is 1. The first-order valence-corrected chi connectivity index (χ1v) is 8.25. The molecule has 1 aliphatic rings. The van der Waals surface area contributed by atoms with Crippen molar-refractivity contribution in [1.82, 2.24) is 5.43 Å². The Hall–Kier alpha value is -3.22. The van der Waals surface area contributed by atoms with Crippen LogP contribution in [0.4, 0.5) is 0 Å². The van der Waals surface area contributed by atoms with Crippen LogP contribution in [0, 0.1) is 0 Å². The van der Waals surface area contributed by atoms with E-state index in [0.717, 1.165) is 12.0 Å². The van der Waals surface area contributed by atoms with Crippen molar-refractivity contribution in [3.8, 4) is 23.0 Å². The first kappa shape index (κ1) is 17.6. The van der Waals surface area contributed by atoms with Gasteiger partial charge in [-0.3, -0.25) is 4.79 Å². The number of carbonyl (C=O) groups excluding carboxylic acids is 1. The Morgan fingerprint density at radius 2 is 2.04 bits per heavy atom. The van der Waals surface area contributed by atoms with Crippen molar-refractivity contribution in [2.24, 2.45) is 5.10 Å². The minimum Gasteiger partial charge on any atom is -0.493 e. The third-order valence-corrected chi connectivity index (χ3v) is 3.66. The molecule has 0 unspecified atom stereocenters. The molecule has 0 saturated carbocycles. The third-order valence-electron chi connectivity index (χ3n) is 3.66. The molecule has 0 saturated heterocycles. The summed E-state index contributed by atoms with van der Waals surface area (Å²) in [5, 5.41) is 3.99. The van der Waals surface area contributed by atoms with E-state index in [1.54, 1.807) is 31.4 Å². The number of hydrazone groups is 1. The molecule has 0 fully saturated rings. The molecule has 3 rings (SSSR count). The van der Waals surface area contributed by atoms with Gasteiger partial charge in [0.2, 0.25) is 6.79 Å². The molecule has 7 heteroatoms. The van der Waals surface area contributed by atoms with Crippen LogP contribution in [0.5, 0.6) is 23.0 Å². The highest BCUT2D eigenvalue weighted by atomic mass is 16.7. The average Bonchev–Trinajstić information content (AvgIpc) is 3.14. The summed E-state index contributed by atoms with van der Waals surface area (Å²) in [7, 11) is 1.58. The minimum atomic E-state index is -0.339. The van der Waals surface area contributed by atoms with Crippen LogP contribution in [-0.4, -0.2) is 32.6 Å². The van der Waals surface area contributed by atoms with Crippen LogP contribution in [-0.2, 0) is 0 Å². The summed E-state index contributed by atoms with van der Waals surface area (Å²) in [5.74, 6) is 2.13. The van der Waals surface area contributed by atoms with E-state index in [1.165, 1.54) is 6.21 Å². The molecule has 1 heterocycles. The van der Waals surface area contributed by atoms with Crippen molar-refractivity contribution < 1.29 is 23.7 Å². The molecular formula is C19H20N2O5. The van der Waals surface area contributed by atoms with E-state index in [9.17, 15) is 4.79 Å². The maximum Gasteiger partial charge on any atom is 0.271 e. The maximum absolute atomic E-state index is 12.2. The third kappa shape index (κ3) is 4.05. The van der Waals surface area contributed by atoms with Gasteiger partial charge in [-0.05, 0) is 48.4 Å². The Bertz CT molecular complexity index is 820. The Morgan fingerprint density at radius 3 is 2.85 bits per heavy atom. The van der Waals surface area contributed by atoms with Gasteiger partial charge in [-0.15, -0.1) is 0 Å². The zero-order valence-corrected chi connectivity index (χ0v) is 14.7. The fourth-order valence-corrected chi connectivity index (χ4v) is 2.36. The summed E-state index contributed by atoms with van der Waals surface area (Å²) in [6.45, 7) is 2.82. The number of ether oxygens (including phenoxy) is 4. The van der Waals surface area contributed by atoms with Gasteiger partial charge in [0.05, 0.1) is 19.9 Å². The van der Waals surface area contributed by atoms with Crippen molar-refractivity contribution in [3.05, 3.63) is 47.5 Å². The SMILES string of the molecule is CCCOc1ccc(/C=N/NC(=O)c2ccc3c(c2)OCO3)cc1OC. The van der Waals surface area contributed by atoms with Crippen molar-refractivity contribution in [3.63, 3.8) is 0 Å². The molecule has 2 aromatic carbocycles. The van der Waals surface area contributed by atoms with E-state index in [2.05, 4.69) is 10.5 Å². The van der Waals surface area contributed by atoms with Crippen molar-refractivity contribution >= 4 is 12.1 Å². The molecule has 1 N–H and O–H groups in total. The summed E-state index contributed by atoms with van der Waals surface area (Å²) in [4.78, 5) is 12.2. The summed E-state index contributed by atoms with van der Waals surface area (Å²) in [6.07, 6.45) is 2.45. The van der Waals surface area contributed by atoms with E-state index < -0.39 is 0 Å². The summed E-state index contributed by atoms with van der Waals surface area (Å²) in [5.41, 5.74) is 3.70. The summed E-state index contributed by atoms with van der Waals surface area (Å²) in [6, 6.07) is 10.4. The van der Waals surface area contributed by atoms with E-state index in [1.807, 2.05) is 19.1 Å². The van der Waals surface area contributed by atoms with E-state index in [-0.39, 0.29) is 12.7 Å². The quantitative estimate of drug-likeness (QED) is 0.609. The van der Waals surface area contributed by atoms with Crippen LogP contribution in [0.15, 0.2) is 41.5 Å². The number of rotatable bonds is 7. The highest BCUT2D eigenvalue weighted by molar-refractivity contribution is 5.95. The van der Waals surface area contributed by atoms with Crippen LogP contribution < -0.4 is 24.4 Å². The van der Waals surface area contributed by atoms with Crippen molar-refractivity contribution in [1.29, 1.82) is 0 Å². The van der Waals surface area contributed by atoms with Crippen molar-refractivity contribution in [2.45, 2.75) is 13.3 Å². The molecule has 136 valence electrons. The lowest BCUT2D eigenvalue weighted by Gasteiger charge is -2.10. The van der Waals surface area contributed by atoms with Crippen LogP contribution in [0.1, 0.15) is 29.3 Å². The van der Waals surface area contributed by atoms with Gasteiger partial charge in [0.25, 0.3) is 5.91 Å². The van der Waals surface area contributed by atoms with Crippen molar-refractivity contribution in [2.75, 3.05) is 20.5 Å². The zero-order chi connectivity index (χ0) is 18.4. The molecule has 0 bridgehead atoms. The van der Waals surface area contributed by atoms with Gasteiger partial charge < -0.3 is 18.9 Å². The van der Waals surface area contributed by atoms with Gasteiger partial charge in [0.1, 0.15) is 0 Å². The number of benzene rings is 2. The molecule has 0 atom stereocenters. The minimum absolute atomic E-state index is 0.165. The fraction of sp³-hybridized carbons (Fsp3) is 0.263. The lowest BCUT2D eigenvalue weighted by Crippen LogP contribution is -2.17. The number of methoxy groups -OCH3 is 1. The predicted molar refractivity (Wildman–Crippen MR) is 96.4 cm³/mol. The molecule has 1 amide bonds. The van der Waals surface area contributed by atoms with E-state index >= 15 is 0 Å². The van der Waals surface area contributed by atoms with E-state index in [4.69, 9.17) is 18.9 Å². The highest BCUT2D eigenvalue weighted by Gasteiger charge is 2.15. The number of fused-ring (bicyclic) bond motifs is 1. The topological polar surface area (TPSA) is 78.4 Å². The van der Waals surface area contributed by atoms with Crippen LogP contribution >= 0.6 is 0 Å². The van der Waals surface area contributed by atoms with Crippen LogP contribution in [0.2, 0.25) is 0 Å². The monoisotopic (exact) mass is 356 g/mol. The Balaban J connectivity index is 1.63. The number of amides is 1. The second-order valence-corrected chi connectivity index (χ2v) is 5.53. The molecule has 1 aliphatic heterocycles. The molecule has 2 aromatic rings. The summed E-state index contributed by atoms with van der Waals surface area (Å²) < 4.78 is 21.4. The van der Waals surface area contributed by atoms with Gasteiger partial charge >= 0.3 is 0 Å². The lowest BCUT2D eigenvalue weighted by atomic mass is 10.2. The van der Waals surface area contributed by atoms with Gasteiger partial charge in [-0.25, -0.2) is 5.43 Å². The summed E-state index contributed by atoms with van der Waals surface area (Å²) >= 11 is 0. The smallest absolute Gasteiger partial charge is 0.271 e. The van der Waals surface area contributed by atoms with E-state index in [0.29, 0.717) is 35.2 Å². The first-order chi connectivity index (χ1) is 12.7. The predicted octanol–water partition coefficient (Wildman–Crippen LogP) is 2.98. The lowest BCUT2D eigenvalue weighted by molar-refractivity contribution is 0.0954. The normalized spacial score (nSPS) is 12.2. The first-order valence-electron chi connectivity index (χ1n) is 8.25. The second-order valence-electron chi connectivity index (χ2n) is 5.53. The Labute approximate surface area is 151 Å². The molecule has 0 radical (unpaired) electrons. The highest BCUT2D eigenvalue weighted by Crippen LogP contribution is 2.32. The zero-order valence-electron chi connectivity index (χ0n) is 14.7. The van der Waals surface area contributed by atoms with Crippen LogP contribution in [0.3, 0.4) is 0 Å². The maximum atomic E-state index is 12.2. The van der Waals surface area contributed by atoms with Gasteiger partial charge in [0.15, 0.2) is 23.0 Å². The largest absolute Gasteiger partial charge is 0.493 e. The second kappa shape index (κ2) is 8.24. The molecular weight excluding hydrogens is 336 g/mol. The molecule has 0 aliphatic carbocycles. The Kier molecular flexibility index (Phi) is 5.58. The van der Waals surface area contributed by atoms with Gasteiger partial charge in [-0.2, -0.15) is 5.10 Å². The molecule has 7 nitrogen and oxygen atoms in total.